The highest BCUT2D eigenvalue weighted by molar-refractivity contribution is 5.75. The van der Waals surface area contributed by atoms with Crippen LogP contribution in [0.2, 0.25) is 0 Å². The van der Waals surface area contributed by atoms with Gasteiger partial charge in [-0.2, -0.15) is 4.80 Å². The maximum Gasteiger partial charge on any atom is 0.244 e. The second-order valence-corrected chi connectivity index (χ2v) is 3.75. The average Bonchev–Trinajstić information content (AvgIpc) is 3.06. The highest BCUT2D eigenvalue weighted by atomic mass is 16.3. The molecule has 0 aliphatic rings. The number of aromatic nitrogens is 4. The number of carbonyl (C=O) groups is 1. The Kier molecular flexibility index (Phi) is 4.21. The summed E-state index contributed by atoms with van der Waals surface area (Å²) in [6, 6.07) is 2.67. The summed E-state index contributed by atoms with van der Waals surface area (Å²) < 4.78 is 5.09. The Morgan fingerprint density at radius 2 is 2.26 bits per heavy atom. The number of amides is 1. The van der Waals surface area contributed by atoms with Crippen LogP contribution in [0.4, 0.5) is 0 Å². The van der Waals surface area contributed by atoms with Crippen LogP contribution in [0.1, 0.15) is 0 Å². The molecule has 0 atom stereocenters. The van der Waals surface area contributed by atoms with Crippen LogP contribution in [-0.4, -0.2) is 55.6 Å². The predicted octanol–water partition coefficient (Wildman–Crippen LogP) is -1.60. The van der Waals surface area contributed by atoms with E-state index in [1.165, 1.54) is 6.26 Å². The molecule has 3 N–H and O–H groups in total. The van der Waals surface area contributed by atoms with E-state index in [4.69, 9.17) is 14.6 Å². The summed E-state index contributed by atoms with van der Waals surface area (Å²) in [5, 5.41) is 31.5. The molecule has 1 amide bonds. The molecule has 19 heavy (non-hydrogen) atoms. The first-order valence-electron chi connectivity index (χ1n) is 5.55. The largest absolute Gasteiger partial charge is 0.461 e. The van der Waals surface area contributed by atoms with Gasteiger partial charge in [0.25, 0.3) is 0 Å². The van der Waals surface area contributed by atoms with Crippen LogP contribution < -0.4 is 5.32 Å². The van der Waals surface area contributed by atoms with Crippen molar-refractivity contribution in [1.29, 1.82) is 0 Å². The molecular weight excluding hydrogens is 254 g/mol. The molecule has 0 spiro atoms. The van der Waals surface area contributed by atoms with Gasteiger partial charge >= 0.3 is 0 Å². The van der Waals surface area contributed by atoms with E-state index in [0.29, 0.717) is 5.76 Å². The smallest absolute Gasteiger partial charge is 0.244 e. The van der Waals surface area contributed by atoms with Crippen molar-refractivity contribution in [3.05, 3.63) is 18.4 Å². The SMILES string of the molecule is O=C(Cn1nnc(-c2ccco2)n1)NC(CO)CO. The number of hydrogen-bond donors (Lipinski definition) is 3. The molecule has 0 aliphatic carbocycles. The summed E-state index contributed by atoms with van der Waals surface area (Å²) in [6.07, 6.45) is 1.48. The first-order chi connectivity index (χ1) is 9.22. The number of nitrogens with zero attached hydrogens (tertiary/aromatic N) is 4. The number of hydrogen-bond acceptors (Lipinski definition) is 7. The quantitative estimate of drug-likeness (QED) is 0.575. The van der Waals surface area contributed by atoms with Crippen molar-refractivity contribution in [3.8, 4) is 11.6 Å². The zero-order valence-electron chi connectivity index (χ0n) is 9.93. The molecule has 0 bridgehead atoms. The Balaban J connectivity index is 1.95. The molecule has 9 nitrogen and oxygen atoms in total. The zero-order valence-corrected chi connectivity index (χ0v) is 9.93. The van der Waals surface area contributed by atoms with Crippen LogP contribution in [0.5, 0.6) is 0 Å². The Bertz CT molecular complexity index is 520. The normalized spacial score (nSPS) is 10.9. The number of tetrazole rings is 1. The van der Waals surface area contributed by atoms with Gasteiger partial charge in [-0.3, -0.25) is 4.79 Å². The monoisotopic (exact) mass is 267 g/mol. The average molecular weight is 267 g/mol. The van der Waals surface area contributed by atoms with Gasteiger partial charge in [-0.05, 0) is 17.3 Å². The first kappa shape index (κ1) is 13.2. The van der Waals surface area contributed by atoms with Gasteiger partial charge in [0.2, 0.25) is 11.7 Å². The molecular formula is C10H13N5O4. The summed E-state index contributed by atoms with van der Waals surface area (Å²) in [4.78, 5) is 12.6. The van der Waals surface area contributed by atoms with Crippen LogP contribution in [-0.2, 0) is 11.3 Å². The minimum Gasteiger partial charge on any atom is -0.461 e. The molecule has 2 aromatic heterocycles. The van der Waals surface area contributed by atoms with E-state index in [1.54, 1.807) is 12.1 Å². The standard InChI is InChI=1S/C10H13N5O4/c16-5-7(6-17)11-9(18)4-15-13-10(12-14-15)8-2-1-3-19-8/h1-3,7,16-17H,4-6H2,(H,11,18). The Labute approximate surface area is 107 Å². The lowest BCUT2D eigenvalue weighted by molar-refractivity contribution is -0.123. The van der Waals surface area contributed by atoms with Crippen LogP contribution in [0.3, 0.4) is 0 Å². The maximum atomic E-state index is 11.6. The Morgan fingerprint density at radius 3 is 2.89 bits per heavy atom. The number of rotatable bonds is 6. The number of carbonyl (C=O) groups excluding carboxylic acids is 1. The number of nitrogens with one attached hydrogen (secondary N) is 1. The Hall–Kier alpha value is -2.26. The van der Waals surface area contributed by atoms with E-state index in [9.17, 15) is 4.79 Å². The molecule has 0 radical (unpaired) electrons. The molecule has 2 heterocycles. The van der Waals surface area contributed by atoms with Crippen molar-refractivity contribution >= 4 is 5.91 Å². The van der Waals surface area contributed by atoms with Gasteiger partial charge in [-0.25, -0.2) is 0 Å². The van der Waals surface area contributed by atoms with Gasteiger partial charge in [0.15, 0.2) is 5.76 Å². The summed E-state index contributed by atoms with van der Waals surface area (Å²) in [7, 11) is 0. The van der Waals surface area contributed by atoms with Crippen LogP contribution in [0, 0.1) is 0 Å². The molecule has 0 unspecified atom stereocenters. The van der Waals surface area contributed by atoms with E-state index in [1.807, 2.05) is 0 Å². The predicted molar refractivity (Wildman–Crippen MR) is 61.6 cm³/mol. The van der Waals surface area contributed by atoms with Gasteiger partial charge in [-0.15, -0.1) is 10.2 Å². The van der Waals surface area contributed by atoms with Gasteiger partial charge < -0.3 is 19.9 Å². The van der Waals surface area contributed by atoms with Crippen molar-refractivity contribution < 1.29 is 19.4 Å². The number of aliphatic hydroxyl groups excluding tert-OH is 2. The molecule has 0 fully saturated rings. The van der Waals surface area contributed by atoms with Crippen molar-refractivity contribution in [2.75, 3.05) is 13.2 Å². The molecule has 2 aromatic rings. The van der Waals surface area contributed by atoms with E-state index in [0.717, 1.165) is 4.80 Å². The molecule has 2 rings (SSSR count). The highest BCUT2D eigenvalue weighted by Crippen LogP contribution is 2.12. The zero-order chi connectivity index (χ0) is 13.7. The molecule has 0 aliphatic heterocycles. The second-order valence-electron chi connectivity index (χ2n) is 3.75. The maximum absolute atomic E-state index is 11.6. The van der Waals surface area contributed by atoms with Crippen molar-refractivity contribution in [2.45, 2.75) is 12.6 Å². The molecule has 102 valence electrons. The van der Waals surface area contributed by atoms with E-state index in [2.05, 4.69) is 20.7 Å². The third kappa shape index (κ3) is 3.36. The minimum absolute atomic E-state index is 0.162. The first-order valence-corrected chi connectivity index (χ1v) is 5.55. The van der Waals surface area contributed by atoms with Crippen molar-refractivity contribution in [3.63, 3.8) is 0 Å². The third-order valence-electron chi connectivity index (χ3n) is 2.29. The van der Waals surface area contributed by atoms with Gasteiger partial charge in [-0.1, -0.05) is 0 Å². The molecule has 0 saturated heterocycles. The third-order valence-corrected chi connectivity index (χ3v) is 2.29. The van der Waals surface area contributed by atoms with E-state index < -0.39 is 11.9 Å². The summed E-state index contributed by atoms with van der Waals surface area (Å²) in [5.41, 5.74) is 0. The highest BCUT2D eigenvalue weighted by Gasteiger charge is 2.13. The van der Waals surface area contributed by atoms with Crippen LogP contribution >= 0.6 is 0 Å². The lowest BCUT2D eigenvalue weighted by Crippen LogP contribution is -2.41. The van der Waals surface area contributed by atoms with Gasteiger partial charge in [0.1, 0.15) is 6.54 Å². The van der Waals surface area contributed by atoms with E-state index >= 15 is 0 Å². The van der Waals surface area contributed by atoms with Crippen LogP contribution in [0.15, 0.2) is 22.8 Å². The fraction of sp³-hybridized carbons (Fsp3) is 0.400. The van der Waals surface area contributed by atoms with Crippen molar-refractivity contribution in [1.82, 2.24) is 25.5 Å². The molecule has 0 saturated carbocycles. The lowest BCUT2D eigenvalue weighted by atomic mass is 10.3. The summed E-state index contributed by atoms with van der Waals surface area (Å²) >= 11 is 0. The Morgan fingerprint density at radius 1 is 1.47 bits per heavy atom. The molecule has 9 heteroatoms. The second kappa shape index (κ2) is 6.07. The van der Waals surface area contributed by atoms with Gasteiger partial charge in [0.05, 0.1) is 25.5 Å². The van der Waals surface area contributed by atoms with Crippen LogP contribution in [0.25, 0.3) is 11.6 Å². The van der Waals surface area contributed by atoms with Crippen molar-refractivity contribution in [2.24, 2.45) is 0 Å². The topological polar surface area (TPSA) is 126 Å². The molecule has 0 aromatic carbocycles. The number of aliphatic hydroxyl groups is 2. The number of furan rings is 1. The summed E-state index contributed by atoms with van der Waals surface area (Å²) in [5.74, 6) is 0.297. The lowest BCUT2D eigenvalue weighted by Gasteiger charge is -2.12. The fourth-order valence-corrected chi connectivity index (χ4v) is 1.37. The summed E-state index contributed by atoms with van der Waals surface area (Å²) in [6.45, 7) is -0.848. The minimum atomic E-state index is -0.694. The fourth-order valence-electron chi connectivity index (χ4n) is 1.37. The van der Waals surface area contributed by atoms with Gasteiger partial charge in [0, 0.05) is 0 Å². The van der Waals surface area contributed by atoms with E-state index in [-0.39, 0.29) is 25.6 Å².